The molecule has 0 spiro atoms. The van der Waals surface area contributed by atoms with Gasteiger partial charge in [-0.1, -0.05) is 6.92 Å². The Kier molecular flexibility index (Phi) is 5.52. The smallest absolute Gasteiger partial charge is 0.242 e. The first-order chi connectivity index (χ1) is 12.0. The summed E-state index contributed by atoms with van der Waals surface area (Å²) in [6.45, 7) is 5.33. The van der Waals surface area contributed by atoms with Crippen molar-refractivity contribution in [2.45, 2.75) is 30.3 Å². The zero-order valence-corrected chi connectivity index (χ0v) is 15.9. The number of anilines is 1. The maximum atomic E-state index is 12.8. The Morgan fingerprint density at radius 2 is 2.00 bits per heavy atom. The number of piperazine rings is 1. The van der Waals surface area contributed by atoms with Crippen LogP contribution in [0.2, 0.25) is 0 Å². The number of morpholine rings is 1. The molecule has 2 saturated heterocycles. The van der Waals surface area contributed by atoms with Crippen LogP contribution >= 0.6 is 0 Å². The summed E-state index contributed by atoms with van der Waals surface area (Å²) in [6.07, 6.45) is 0.776. The number of nitrogens with zero attached hydrogens (tertiary/aromatic N) is 2. The zero-order valence-electron chi connectivity index (χ0n) is 15.1. The number of methoxy groups -OCH3 is 1. The number of fused-ring (bicyclic) bond motifs is 2. The topological polar surface area (TPSA) is 71.1 Å². The molecule has 2 bridgehead atoms. The maximum Gasteiger partial charge on any atom is 0.242 e. The third kappa shape index (κ3) is 3.48. The lowest BCUT2D eigenvalue weighted by Gasteiger charge is -2.47. The summed E-state index contributed by atoms with van der Waals surface area (Å²) in [4.78, 5) is 2.56. The van der Waals surface area contributed by atoms with Gasteiger partial charge in [-0.3, -0.25) is 0 Å². The summed E-state index contributed by atoms with van der Waals surface area (Å²) in [5, 5.41) is 3.41. The minimum Gasteiger partial charge on any atom is -0.495 e. The van der Waals surface area contributed by atoms with Crippen LogP contribution in [-0.4, -0.2) is 71.8 Å². The number of hydrogen-bond donors (Lipinski definition) is 1. The fourth-order valence-corrected chi connectivity index (χ4v) is 4.85. The van der Waals surface area contributed by atoms with Crippen molar-refractivity contribution in [3.05, 3.63) is 18.2 Å². The summed E-state index contributed by atoms with van der Waals surface area (Å²) in [5.41, 5.74) is 0.827. The molecular weight excluding hydrogens is 342 g/mol. The Labute approximate surface area is 149 Å². The van der Waals surface area contributed by atoms with Gasteiger partial charge < -0.3 is 19.7 Å². The van der Waals surface area contributed by atoms with Crippen LogP contribution in [0.4, 0.5) is 5.69 Å². The molecule has 2 atom stereocenters. The van der Waals surface area contributed by atoms with Gasteiger partial charge in [0, 0.05) is 26.7 Å². The summed E-state index contributed by atoms with van der Waals surface area (Å²) in [7, 11) is -0.270. The van der Waals surface area contributed by atoms with Gasteiger partial charge >= 0.3 is 0 Å². The lowest BCUT2D eigenvalue weighted by molar-refractivity contribution is 0.0524. The molecule has 2 heterocycles. The van der Waals surface area contributed by atoms with Gasteiger partial charge in [0.25, 0.3) is 0 Å². The molecule has 1 N–H and O–H groups in total. The quantitative estimate of drug-likeness (QED) is 0.804. The summed E-state index contributed by atoms with van der Waals surface area (Å²) >= 11 is 0. The van der Waals surface area contributed by atoms with Crippen molar-refractivity contribution in [3.63, 3.8) is 0 Å². The van der Waals surface area contributed by atoms with Crippen LogP contribution in [0.5, 0.6) is 5.75 Å². The van der Waals surface area contributed by atoms with E-state index in [1.54, 1.807) is 32.4 Å². The minimum absolute atomic E-state index is 0.174. The lowest BCUT2D eigenvalue weighted by atomic mass is 10.0. The van der Waals surface area contributed by atoms with Gasteiger partial charge in [0.1, 0.15) is 5.75 Å². The van der Waals surface area contributed by atoms with Gasteiger partial charge in [-0.15, -0.1) is 0 Å². The Balaban J connectivity index is 2.01. The molecule has 0 saturated carbocycles. The van der Waals surface area contributed by atoms with Crippen LogP contribution in [0.25, 0.3) is 0 Å². The Morgan fingerprint density at radius 1 is 1.32 bits per heavy atom. The second-order valence-corrected chi connectivity index (χ2v) is 8.62. The van der Waals surface area contributed by atoms with Crippen molar-refractivity contribution in [1.82, 2.24) is 9.62 Å². The van der Waals surface area contributed by atoms with E-state index in [9.17, 15) is 8.42 Å². The van der Waals surface area contributed by atoms with Crippen molar-refractivity contribution in [3.8, 4) is 5.75 Å². The second-order valence-electron chi connectivity index (χ2n) is 6.57. The van der Waals surface area contributed by atoms with Crippen LogP contribution in [-0.2, 0) is 14.8 Å². The molecule has 7 nitrogen and oxygen atoms in total. The number of sulfonamides is 1. The van der Waals surface area contributed by atoms with Crippen LogP contribution < -0.4 is 15.0 Å². The van der Waals surface area contributed by atoms with Gasteiger partial charge in [0.2, 0.25) is 10.0 Å². The van der Waals surface area contributed by atoms with Crippen LogP contribution in [0.1, 0.15) is 13.3 Å². The molecule has 2 unspecified atom stereocenters. The maximum absolute atomic E-state index is 12.8. The van der Waals surface area contributed by atoms with E-state index in [-0.39, 0.29) is 12.1 Å². The van der Waals surface area contributed by atoms with Gasteiger partial charge in [-0.2, -0.15) is 0 Å². The highest BCUT2D eigenvalue weighted by Crippen LogP contribution is 2.36. The van der Waals surface area contributed by atoms with E-state index < -0.39 is 10.0 Å². The number of benzene rings is 1. The normalized spacial score (nSPS) is 23.8. The molecule has 2 aliphatic rings. The van der Waals surface area contributed by atoms with E-state index in [0.717, 1.165) is 25.2 Å². The third-order valence-electron chi connectivity index (χ3n) is 4.84. The predicted molar refractivity (Wildman–Crippen MR) is 96.8 cm³/mol. The molecular formula is C17H27N3O4S. The molecule has 1 aromatic carbocycles. The lowest BCUT2D eigenvalue weighted by Crippen LogP contribution is -2.64. The van der Waals surface area contributed by atoms with E-state index in [0.29, 0.717) is 30.4 Å². The van der Waals surface area contributed by atoms with Gasteiger partial charge in [0.05, 0.1) is 43.0 Å². The van der Waals surface area contributed by atoms with Crippen LogP contribution in [0, 0.1) is 0 Å². The Morgan fingerprint density at radius 3 is 2.60 bits per heavy atom. The molecule has 0 aliphatic carbocycles. The van der Waals surface area contributed by atoms with Crippen LogP contribution in [0.15, 0.2) is 23.1 Å². The molecule has 1 aromatic rings. The van der Waals surface area contributed by atoms with E-state index in [1.807, 2.05) is 6.92 Å². The highest BCUT2D eigenvalue weighted by Gasteiger charge is 2.36. The van der Waals surface area contributed by atoms with E-state index in [2.05, 4.69) is 10.2 Å². The molecule has 2 aliphatic heterocycles. The zero-order chi connectivity index (χ0) is 18.0. The average molecular weight is 369 g/mol. The first kappa shape index (κ1) is 18.4. The number of nitrogens with one attached hydrogen (secondary N) is 1. The molecule has 25 heavy (non-hydrogen) atoms. The van der Waals surface area contributed by atoms with Crippen molar-refractivity contribution < 1.29 is 17.9 Å². The largest absolute Gasteiger partial charge is 0.495 e. The summed E-state index contributed by atoms with van der Waals surface area (Å²) < 4.78 is 38.3. The van der Waals surface area contributed by atoms with Gasteiger partial charge in [-0.25, -0.2) is 12.7 Å². The van der Waals surface area contributed by atoms with Gasteiger partial charge in [0.15, 0.2) is 0 Å². The van der Waals surface area contributed by atoms with E-state index >= 15 is 0 Å². The van der Waals surface area contributed by atoms with Gasteiger partial charge in [-0.05, 0) is 24.6 Å². The molecule has 0 amide bonds. The summed E-state index contributed by atoms with van der Waals surface area (Å²) in [6, 6.07) is 5.47. The predicted octanol–water partition coefficient (Wildman–Crippen LogP) is 0.903. The fraction of sp³-hybridized carbons (Fsp3) is 0.647. The number of ether oxygens (including phenoxy) is 2. The molecule has 0 aromatic heterocycles. The number of rotatable bonds is 6. The summed E-state index contributed by atoms with van der Waals surface area (Å²) in [5.74, 6) is 0.691. The molecule has 2 fully saturated rings. The Hall–Kier alpha value is -1.35. The van der Waals surface area contributed by atoms with Crippen molar-refractivity contribution in [2.75, 3.05) is 51.9 Å². The highest BCUT2D eigenvalue weighted by atomic mass is 32.2. The Bertz CT molecular complexity index is 688. The van der Waals surface area contributed by atoms with E-state index in [1.165, 1.54) is 4.31 Å². The van der Waals surface area contributed by atoms with Crippen molar-refractivity contribution >= 4 is 15.7 Å². The average Bonchev–Trinajstić information content (AvgIpc) is 2.60. The van der Waals surface area contributed by atoms with E-state index in [4.69, 9.17) is 9.47 Å². The monoisotopic (exact) mass is 369 g/mol. The van der Waals surface area contributed by atoms with Crippen molar-refractivity contribution in [1.29, 1.82) is 0 Å². The molecule has 8 heteroatoms. The SMILES string of the molecule is CCCN(C)S(=O)(=O)c1ccc(OC)c(N2C3CNCC2COC3)c1. The second kappa shape index (κ2) is 7.49. The fourth-order valence-electron chi connectivity index (χ4n) is 3.57. The molecule has 3 rings (SSSR count). The molecule has 0 radical (unpaired) electrons. The standard InChI is InChI=1S/C17H27N3O4S/c1-4-7-19(2)25(21,22)15-5-6-17(23-3)16(8-15)20-13-9-18-10-14(20)12-24-11-13/h5-6,8,13-14,18H,4,7,9-12H2,1-3H3. The molecule has 140 valence electrons. The third-order valence-corrected chi connectivity index (χ3v) is 6.70. The van der Waals surface area contributed by atoms with Crippen molar-refractivity contribution in [2.24, 2.45) is 0 Å². The minimum atomic E-state index is -3.51. The number of hydrogen-bond acceptors (Lipinski definition) is 6. The van der Waals surface area contributed by atoms with Crippen LogP contribution in [0.3, 0.4) is 0 Å². The first-order valence-electron chi connectivity index (χ1n) is 8.70. The highest BCUT2D eigenvalue weighted by molar-refractivity contribution is 7.89. The first-order valence-corrected chi connectivity index (χ1v) is 10.1.